The molecule has 0 aliphatic carbocycles. The monoisotopic (exact) mass is 254 g/mol. The Hall–Kier alpha value is -1.61. The first kappa shape index (κ1) is 13.5. The van der Waals surface area contributed by atoms with Crippen LogP contribution < -0.4 is 10.6 Å². The van der Waals surface area contributed by atoms with Crippen LogP contribution in [0.1, 0.15) is 20.8 Å². The lowest BCUT2D eigenvalue weighted by atomic mass is 9.96. The lowest BCUT2D eigenvalue weighted by molar-refractivity contribution is 0.527. The number of aromatic nitrogens is 3. The van der Waals surface area contributed by atoms with Gasteiger partial charge >= 0.3 is 0 Å². The van der Waals surface area contributed by atoms with Crippen molar-refractivity contribution in [2.75, 3.05) is 23.7 Å². The van der Waals surface area contributed by atoms with Crippen LogP contribution in [-0.4, -0.2) is 28.0 Å². The summed E-state index contributed by atoms with van der Waals surface area (Å²) in [4.78, 5) is 12.0. The van der Waals surface area contributed by atoms with Crippen molar-refractivity contribution in [1.82, 2.24) is 15.0 Å². The summed E-state index contributed by atoms with van der Waals surface area (Å²) in [6.45, 7) is 6.73. The molecule has 0 aliphatic heterocycles. The van der Waals surface area contributed by atoms with Crippen molar-refractivity contribution in [1.29, 1.82) is 5.26 Å². The molecule has 0 saturated carbocycles. The molecule has 0 bridgehead atoms. The number of hydrogen-bond donors (Lipinski definition) is 2. The minimum Gasteiger partial charge on any atom is -0.354 e. The highest BCUT2D eigenvalue weighted by Gasteiger charge is 2.17. The average molecular weight is 255 g/mol. The number of hydrogen-bond acceptors (Lipinski definition) is 6. The molecule has 0 atom stereocenters. The van der Waals surface area contributed by atoms with Crippen LogP contribution >= 0.6 is 11.6 Å². The van der Waals surface area contributed by atoms with E-state index in [1.165, 1.54) is 0 Å². The molecule has 1 aromatic heterocycles. The van der Waals surface area contributed by atoms with Crippen LogP contribution in [0.2, 0.25) is 5.28 Å². The Morgan fingerprint density at radius 1 is 1.24 bits per heavy atom. The molecule has 2 N–H and O–H groups in total. The van der Waals surface area contributed by atoms with Crippen molar-refractivity contribution in [2.24, 2.45) is 5.41 Å². The van der Waals surface area contributed by atoms with Crippen LogP contribution in [0.3, 0.4) is 0 Å². The van der Waals surface area contributed by atoms with E-state index >= 15 is 0 Å². The fraction of sp³-hybridized carbons (Fsp3) is 0.600. The quantitative estimate of drug-likeness (QED) is 0.835. The van der Waals surface area contributed by atoms with Gasteiger partial charge in [-0.15, -0.1) is 0 Å². The molecule has 0 spiro atoms. The Morgan fingerprint density at radius 2 is 1.82 bits per heavy atom. The van der Waals surface area contributed by atoms with Gasteiger partial charge in [0.15, 0.2) is 0 Å². The van der Waals surface area contributed by atoms with Crippen molar-refractivity contribution in [3.05, 3.63) is 5.28 Å². The van der Waals surface area contributed by atoms with Crippen LogP contribution in [0.5, 0.6) is 0 Å². The summed E-state index contributed by atoms with van der Waals surface area (Å²) in [6, 6.07) is 2.18. The lowest BCUT2D eigenvalue weighted by Gasteiger charge is -2.15. The zero-order valence-corrected chi connectivity index (χ0v) is 10.8. The third-order valence-electron chi connectivity index (χ3n) is 1.93. The maximum atomic E-state index is 8.88. The second kappa shape index (κ2) is 5.64. The molecule has 0 amide bonds. The summed E-state index contributed by atoms with van der Waals surface area (Å²) < 4.78 is 0. The minimum absolute atomic E-state index is 0.119. The highest BCUT2D eigenvalue weighted by molar-refractivity contribution is 6.28. The van der Waals surface area contributed by atoms with E-state index < -0.39 is 5.41 Å². The third kappa shape index (κ3) is 4.41. The Bertz CT molecular complexity index is 425. The summed E-state index contributed by atoms with van der Waals surface area (Å²) in [5, 5.41) is 14.9. The van der Waals surface area contributed by atoms with Crippen molar-refractivity contribution >= 4 is 23.5 Å². The number of nitrogens with one attached hydrogen (secondary N) is 2. The van der Waals surface area contributed by atoms with E-state index in [0.717, 1.165) is 0 Å². The number of rotatable bonds is 5. The van der Waals surface area contributed by atoms with Gasteiger partial charge in [0.1, 0.15) is 0 Å². The second-order valence-electron chi connectivity index (χ2n) is 4.13. The summed E-state index contributed by atoms with van der Waals surface area (Å²) in [7, 11) is 0. The van der Waals surface area contributed by atoms with Gasteiger partial charge in [-0.1, -0.05) is 0 Å². The zero-order valence-electron chi connectivity index (χ0n) is 10.1. The highest BCUT2D eigenvalue weighted by Crippen LogP contribution is 2.15. The summed E-state index contributed by atoms with van der Waals surface area (Å²) in [6.07, 6.45) is 0. The Balaban J connectivity index is 2.75. The van der Waals surface area contributed by atoms with Crippen LogP contribution in [0, 0.1) is 16.7 Å². The molecule has 0 radical (unpaired) electrons. The van der Waals surface area contributed by atoms with Gasteiger partial charge in [-0.05, 0) is 32.4 Å². The van der Waals surface area contributed by atoms with Gasteiger partial charge < -0.3 is 10.6 Å². The van der Waals surface area contributed by atoms with E-state index in [0.29, 0.717) is 25.0 Å². The van der Waals surface area contributed by atoms with Gasteiger partial charge in [-0.3, -0.25) is 0 Å². The molecule has 7 heteroatoms. The molecule has 1 rings (SSSR count). The number of halogens is 1. The van der Waals surface area contributed by atoms with Gasteiger partial charge in [-0.2, -0.15) is 20.2 Å². The van der Waals surface area contributed by atoms with E-state index in [2.05, 4.69) is 31.7 Å². The van der Waals surface area contributed by atoms with Crippen molar-refractivity contribution in [3.63, 3.8) is 0 Å². The first-order chi connectivity index (χ1) is 7.96. The largest absolute Gasteiger partial charge is 0.354 e. The fourth-order valence-corrected chi connectivity index (χ4v) is 1.17. The van der Waals surface area contributed by atoms with E-state index in [4.69, 9.17) is 16.9 Å². The minimum atomic E-state index is -0.489. The number of nitriles is 1. The summed E-state index contributed by atoms with van der Waals surface area (Å²) in [5.74, 6) is 0.786. The maximum Gasteiger partial charge on any atom is 0.228 e. The van der Waals surface area contributed by atoms with Crippen LogP contribution in [0.4, 0.5) is 11.9 Å². The molecule has 0 unspecified atom stereocenters. The van der Waals surface area contributed by atoms with Crippen molar-refractivity contribution in [2.45, 2.75) is 20.8 Å². The molecule has 6 nitrogen and oxygen atoms in total. The maximum absolute atomic E-state index is 8.88. The van der Waals surface area contributed by atoms with Crippen LogP contribution in [0.25, 0.3) is 0 Å². The standard InChI is InChI=1S/C10H15ClN6/c1-4-13-8-15-7(11)16-9(17-8)14-6-10(2,3)5-12/h4,6H2,1-3H3,(H2,13,14,15,16,17). The second-order valence-corrected chi connectivity index (χ2v) is 4.47. The number of nitrogens with zero attached hydrogens (tertiary/aromatic N) is 4. The van der Waals surface area contributed by atoms with Gasteiger partial charge in [-0.25, -0.2) is 0 Å². The molecule has 0 saturated heterocycles. The van der Waals surface area contributed by atoms with Gasteiger partial charge in [0.2, 0.25) is 17.2 Å². The molecule has 92 valence electrons. The first-order valence-electron chi connectivity index (χ1n) is 5.27. The van der Waals surface area contributed by atoms with Crippen LogP contribution in [-0.2, 0) is 0 Å². The van der Waals surface area contributed by atoms with E-state index in [9.17, 15) is 0 Å². The lowest BCUT2D eigenvalue weighted by Crippen LogP contribution is -2.22. The zero-order chi connectivity index (χ0) is 12.9. The van der Waals surface area contributed by atoms with Gasteiger partial charge in [0, 0.05) is 13.1 Å². The average Bonchev–Trinajstić information content (AvgIpc) is 2.26. The van der Waals surface area contributed by atoms with Crippen LogP contribution in [0.15, 0.2) is 0 Å². The predicted octanol–water partition coefficient (Wildman–Crippen LogP) is 1.92. The Morgan fingerprint density at radius 3 is 2.35 bits per heavy atom. The van der Waals surface area contributed by atoms with E-state index in [-0.39, 0.29) is 5.28 Å². The molecular formula is C10H15ClN6. The molecule has 0 fully saturated rings. The topological polar surface area (TPSA) is 86.5 Å². The summed E-state index contributed by atoms with van der Waals surface area (Å²) in [5.41, 5.74) is -0.489. The normalized spacial score (nSPS) is 10.8. The molecule has 17 heavy (non-hydrogen) atoms. The van der Waals surface area contributed by atoms with E-state index in [1.807, 2.05) is 20.8 Å². The Labute approximate surface area is 105 Å². The van der Waals surface area contributed by atoms with Crippen molar-refractivity contribution < 1.29 is 0 Å². The third-order valence-corrected chi connectivity index (χ3v) is 2.10. The van der Waals surface area contributed by atoms with E-state index in [1.54, 1.807) is 0 Å². The molecular weight excluding hydrogens is 240 g/mol. The SMILES string of the molecule is CCNc1nc(Cl)nc(NCC(C)(C)C#N)n1. The summed E-state index contributed by atoms with van der Waals surface area (Å²) >= 11 is 5.76. The molecule has 1 aromatic rings. The first-order valence-corrected chi connectivity index (χ1v) is 5.65. The molecule has 0 aromatic carbocycles. The van der Waals surface area contributed by atoms with Gasteiger partial charge in [0.05, 0.1) is 11.5 Å². The highest BCUT2D eigenvalue weighted by atomic mass is 35.5. The Kier molecular flexibility index (Phi) is 4.46. The fourth-order valence-electron chi connectivity index (χ4n) is 1.01. The molecule has 1 heterocycles. The molecule has 0 aliphatic rings. The van der Waals surface area contributed by atoms with Crippen molar-refractivity contribution in [3.8, 4) is 6.07 Å². The number of anilines is 2. The van der Waals surface area contributed by atoms with Gasteiger partial charge in [0.25, 0.3) is 0 Å². The smallest absolute Gasteiger partial charge is 0.228 e. The predicted molar refractivity (Wildman–Crippen MR) is 66.9 cm³/mol.